The maximum Gasteiger partial charge on any atom is 0.287 e. The van der Waals surface area contributed by atoms with Crippen LogP contribution in [0, 0.1) is 6.92 Å². The zero-order chi connectivity index (χ0) is 17.6. The van der Waals surface area contributed by atoms with Crippen molar-refractivity contribution in [3.63, 3.8) is 0 Å². The number of nitrogens with two attached hydrogens (primary N) is 1. The largest absolute Gasteiger partial charge is 0.459 e. The third-order valence-corrected chi connectivity index (χ3v) is 3.84. The van der Waals surface area contributed by atoms with Gasteiger partial charge in [0.25, 0.3) is 5.91 Å². The molecule has 1 aromatic carbocycles. The summed E-state index contributed by atoms with van der Waals surface area (Å²) in [5.74, 6) is -0.184. The van der Waals surface area contributed by atoms with E-state index >= 15 is 0 Å². The summed E-state index contributed by atoms with van der Waals surface area (Å²) in [6, 6.07) is 11.0. The summed E-state index contributed by atoms with van der Waals surface area (Å²) in [6.07, 6.45) is 2.08. The highest BCUT2D eigenvalue weighted by Crippen LogP contribution is 2.17. The Morgan fingerprint density at radius 2 is 1.79 bits per heavy atom. The van der Waals surface area contributed by atoms with Gasteiger partial charge in [0.1, 0.15) is 5.54 Å². The van der Waals surface area contributed by atoms with Crippen molar-refractivity contribution >= 4 is 11.8 Å². The highest BCUT2D eigenvalue weighted by atomic mass is 16.3. The molecule has 128 valence electrons. The third-order valence-electron chi connectivity index (χ3n) is 3.84. The fraction of sp³-hybridized carbons (Fsp3) is 0.333. The van der Waals surface area contributed by atoms with Gasteiger partial charge in [0.15, 0.2) is 5.76 Å². The van der Waals surface area contributed by atoms with Gasteiger partial charge in [-0.05, 0) is 31.9 Å². The molecule has 4 N–H and O–H groups in total. The van der Waals surface area contributed by atoms with Crippen LogP contribution in [0.3, 0.4) is 0 Å². The molecular formula is C18H23N3O3. The van der Waals surface area contributed by atoms with E-state index < -0.39 is 5.54 Å². The topological polar surface area (TPSA) is 97.4 Å². The number of furan rings is 1. The molecule has 24 heavy (non-hydrogen) atoms. The molecule has 0 aliphatic heterocycles. The lowest BCUT2D eigenvalue weighted by molar-refractivity contribution is -0.126. The average Bonchev–Trinajstić information content (AvgIpc) is 3.01. The summed E-state index contributed by atoms with van der Waals surface area (Å²) in [7, 11) is 0. The molecule has 0 aliphatic rings. The van der Waals surface area contributed by atoms with Gasteiger partial charge >= 0.3 is 0 Å². The van der Waals surface area contributed by atoms with Gasteiger partial charge in [0.2, 0.25) is 5.91 Å². The summed E-state index contributed by atoms with van der Waals surface area (Å²) in [5, 5.41) is 5.56. The first-order valence-corrected chi connectivity index (χ1v) is 7.88. The van der Waals surface area contributed by atoms with Crippen LogP contribution in [0.4, 0.5) is 0 Å². The summed E-state index contributed by atoms with van der Waals surface area (Å²) in [4.78, 5) is 24.1. The first kappa shape index (κ1) is 17.7. The predicted molar refractivity (Wildman–Crippen MR) is 91.4 cm³/mol. The maximum atomic E-state index is 12.3. The van der Waals surface area contributed by atoms with Crippen LogP contribution in [0.25, 0.3) is 0 Å². The number of amides is 2. The Labute approximate surface area is 141 Å². The van der Waals surface area contributed by atoms with E-state index in [9.17, 15) is 9.59 Å². The maximum absolute atomic E-state index is 12.3. The minimum atomic E-state index is -1.09. The van der Waals surface area contributed by atoms with Crippen LogP contribution in [0.5, 0.6) is 0 Å². The van der Waals surface area contributed by atoms with Crippen molar-refractivity contribution in [1.29, 1.82) is 0 Å². The second kappa shape index (κ2) is 7.79. The molecule has 0 saturated carbocycles. The van der Waals surface area contributed by atoms with E-state index in [1.54, 1.807) is 13.0 Å². The van der Waals surface area contributed by atoms with Crippen LogP contribution in [-0.2, 0) is 10.3 Å². The van der Waals surface area contributed by atoms with E-state index in [0.717, 1.165) is 11.1 Å². The molecule has 6 nitrogen and oxygen atoms in total. The van der Waals surface area contributed by atoms with Gasteiger partial charge in [-0.2, -0.15) is 0 Å². The fourth-order valence-electron chi connectivity index (χ4n) is 2.28. The second-order valence-electron chi connectivity index (χ2n) is 5.87. The van der Waals surface area contributed by atoms with Crippen molar-refractivity contribution in [1.82, 2.24) is 10.6 Å². The Hall–Kier alpha value is -2.60. The minimum absolute atomic E-state index is 0.248. The van der Waals surface area contributed by atoms with E-state index in [4.69, 9.17) is 10.2 Å². The molecule has 2 rings (SSSR count). The number of benzene rings is 1. The molecule has 1 aromatic heterocycles. The number of nitrogens with one attached hydrogen (secondary N) is 2. The second-order valence-corrected chi connectivity index (χ2v) is 5.87. The van der Waals surface area contributed by atoms with Crippen LogP contribution in [-0.4, -0.2) is 24.9 Å². The number of hydrogen-bond acceptors (Lipinski definition) is 4. The molecule has 1 unspecified atom stereocenters. The van der Waals surface area contributed by atoms with Crippen LogP contribution in [0.2, 0.25) is 0 Å². The van der Waals surface area contributed by atoms with E-state index in [1.165, 1.54) is 6.26 Å². The molecule has 2 aromatic rings. The lowest BCUT2D eigenvalue weighted by Crippen LogP contribution is -2.49. The molecule has 0 aliphatic carbocycles. The van der Waals surface area contributed by atoms with Crippen molar-refractivity contribution < 1.29 is 14.0 Å². The average molecular weight is 329 g/mol. The predicted octanol–water partition coefficient (Wildman–Crippen LogP) is 1.70. The van der Waals surface area contributed by atoms with E-state index in [-0.39, 0.29) is 11.8 Å². The normalized spacial score (nSPS) is 13.1. The van der Waals surface area contributed by atoms with Gasteiger partial charge in [-0.3, -0.25) is 9.59 Å². The standard InChI is InChI=1S/C18H23N3O3/c1-13-9-12-24-15(13)16(22)20-10-6-11-21-17(23)18(2,19)14-7-4-3-5-8-14/h3-5,7-9,12H,6,10-11,19H2,1-2H3,(H,20,22)(H,21,23). The molecule has 1 atom stereocenters. The van der Waals surface area contributed by atoms with Gasteiger partial charge in [-0.15, -0.1) is 0 Å². The number of carbonyl (C=O) groups excluding carboxylic acids is 2. The Morgan fingerprint density at radius 1 is 1.12 bits per heavy atom. The zero-order valence-electron chi connectivity index (χ0n) is 14.0. The quantitative estimate of drug-likeness (QED) is 0.674. The van der Waals surface area contributed by atoms with Gasteiger partial charge in [0, 0.05) is 18.7 Å². The molecule has 0 bridgehead atoms. The summed E-state index contributed by atoms with van der Waals surface area (Å²) in [6.45, 7) is 4.35. The van der Waals surface area contributed by atoms with Crippen molar-refractivity contribution in [3.8, 4) is 0 Å². The molecule has 1 heterocycles. The molecule has 0 spiro atoms. The van der Waals surface area contributed by atoms with E-state index in [0.29, 0.717) is 25.3 Å². The Morgan fingerprint density at radius 3 is 2.42 bits per heavy atom. The summed E-state index contributed by atoms with van der Waals surface area (Å²) < 4.78 is 5.12. The van der Waals surface area contributed by atoms with Crippen LogP contribution < -0.4 is 16.4 Å². The van der Waals surface area contributed by atoms with Crippen molar-refractivity contribution in [3.05, 3.63) is 59.5 Å². The third kappa shape index (κ3) is 4.23. The highest BCUT2D eigenvalue weighted by Gasteiger charge is 2.29. The zero-order valence-corrected chi connectivity index (χ0v) is 14.0. The number of hydrogen-bond donors (Lipinski definition) is 3. The molecular weight excluding hydrogens is 306 g/mol. The molecule has 6 heteroatoms. The minimum Gasteiger partial charge on any atom is -0.459 e. The van der Waals surface area contributed by atoms with Crippen molar-refractivity contribution in [2.24, 2.45) is 5.73 Å². The smallest absolute Gasteiger partial charge is 0.287 e. The Kier molecular flexibility index (Phi) is 5.76. The molecule has 0 radical (unpaired) electrons. The van der Waals surface area contributed by atoms with E-state index in [2.05, 4.69) is 10.6 Å². The Balaban J connectivity index is 1.73. The number of aryl methyl sites for hydroxylation is 1. The molecule has 0 saturated heterocycles. The summed E-state index contributed by atoms with van der Waals surface area (Å²) in [5.41, 5.74) is 6.59. The lowest BCUT2D eigenvalue weighted by atomic mass is 9.92. The van der Waals surface area contributed by atoms with Gasteiger partial charge in [0.05, 0.1) is 6.26 Å². The number of rotatable bonds is 7. The van der Waals surface area contributed by atoms with Crippen molar-refractivity contribution in [2.75, 3.05) is 13.1 Å². The fourth-order valence-corrected chi connectivity index (χ4v) is 2.28. The first-order chi connectivity index (χ1) is 11.4. The van der Waals surface area contributed by atoms with E-state index in [1.807, 2.05) is 37.3 Å². The lowest BCUT2D eigenvalue weighted by Gasteiger charge is -2.24. The molecule has 2 amide bonds. The van der Waals surface area contributed by atoms with Gasteiger partial charge in [-0.25, -0.2) is 0 Å². The Bertz CT molecular complexity index is 693. The number of carbonyl (C=O) groups is 2. The monoisotopic (exact) mass is 329 g/mol. The highest BCUT2D eigenvalue weighted by molar-refractivity contribution is 5.92. The van der Waals surface area contributed by atoms with Crippen molar-refractivity contribution in [2.45, 2.75) is 25.8 Å². The van der Waals surface area contributed by atoms with Crippen LogP contribution >= 0.6 is 0 Å². The SMILES string of the molecule is Cc1ccoc1C(=O)NCCCNC(=O)C(C)(N)c1ccccc1. The van der Waals surface area contributed by atoms with Gasteiger partial charge < -0.3 is 20.8 Å². The van der Waals surface area contributed by atoms with Crippen LogP contribution in [0.1, 0.15) is 35.0 Å². The summed E-state index contributed by atoms with van der Waals surface area (Å²) >= 11 is 0. The molecule has 0 fully saturated rings. The first-order valence-electron chi connectivity index (χ1n) is 7.88. The van der Waals surface area contributed by atoms with Gasteiger partial charge in [-0.1, -0.05) is 30.3 Å². The van der Waals surface area contributed by atoms with Crippen LogP contribution in [0.15, 0.2) is 47.1 Å².